The van der Waals surface area contributed by atoms with Crippen LogP contribution < -0.4 is 14.8 Å². The number of benzene rings is 1. The zero-order valence-electron chi connectivity index (χ0n) is 13.3. The quantitative estimate of drug-likeness (QED) is 0.900. The van der Waals surface area contributed by atoms with Crippen molar-refractivity contribution in [2.75, 3.05) is 44.8 Å². The lowest BCUT2D eigenvalue weighted by atomic mass is 10.1. The van der Waals surface area contributed by atoms with Crippen molar-refractivity contribution in [1.82, 2.24) is 10.2 Å². The Morgan fingerprint density at radius 2 is 2.14 bits per heavy atom. The van der Waals surface area contributed by atoms with Crippen molar-refractivity contribution < 1.29 is 9.47 Å². The SMILES string of the molecule is COc1cc(CN2CCNCC2)ccc1OC1CCCSC1. The molecule has 1 N–H and O–H groups in total. The second kappa shape index (κ2) is 8.09. The molecule has 0 spiro atoms. The van der Waals surface area contributed by atoms with E-state index in [0.717, 1.165) is 56.4 Å². The fraction of sp³-hybridized carbons (Fsp3) is 0.647. The van der Waals surface area contributed by atoms with Crippen molar-refractivity contribution in [3.63, 3.8) is 0 Å². The molecule has 1 unspecified atom stereocenters. The van der Waals surface area contributed by atoms with E-state index in [1.165, 1.54) is 17.7 Å². The van der Waals surface area contributed by atoms with Gasteiger partial charge in [-0.2, -0.15) is 11.8 Å². The molecule has 3 rings (SSSR count). The van der Waals surface area contributed by atoms with E-state index >= 15 is 0 Å². The summed E-state index contributed by atoms with van der Waals surface area (Å²) in [4.78, 5) is 2.48. The number of nitrogens with zero attached hydrogens (tertiary/aromatic N) is 1. The molecule has 22 heavy (non-hydrogen) atoms. The smallest absolute Gasteiger partial charge is 0.161 e. The van der Waals surface area contributed by atoms with Crippen molar-refractivity contribution >= 4 is 11.8 Å². The minimum Gasteiger partial charge on any atom is -0.493 e. The van der Waals surface area contributed by atoms with Crippen molar-refractivity contribution in [1.29, 1.82) is 0 Å². The topological polar surface area (TPSA) is 33.7 Å². The van der Waals surface area contributed by atoms with Crippen LogP contribution in [0.1, 0.15) is 18.4 Å². The third-order valence-electron chi connectivity index (χ3n) is 4.26. The molecule has 0 saturated carbocycles. The fourth-order valence-electron chi connectivity index (χ4n) is 3.02. The molecule has 0 bridgehead atoms. The van der Waals surface area contributed by atoms with Crippen molar-refractivity contribution in [2.24, 2.45) is 0 Å². The van der Waals surface area contributed by atoms with Crippen LogP contribution in [0, 0.1) is 0 Å². The van der Waals surface area contributed by atoms with E-state index in [4.69, 9.17) is 9.47 Å². The highest BCUT2D eigenvalue weighted by atomic mass is 32.2. The van der Waals surface area contributed by atoms with Gasteiger partial charge in [-0.05, 0) is 36.3 Å². The Hall–Kier alpha value is -0.910. The van der Waals surface area contributed by atoms with E-state index in [0.29, 0.717) is 6.10 Å². The minimum absolute atomic E-state index is 0.326. The highest BCUT2D eigenvalue weighted by molar-refractivity contribution is 7.99. The first-order valence-corrected chi connectivity index (χ1v) is 9.35. The number of methoxy groups -OCH3 is 1. The summed E-state index contributed by atoms with van der Waals surface area (Å²) in [7, 11) is 1.73. The van der Waals surface area contributed by atoms with Crippen molar-refractivity contribution in [3.8, 4) is 11.5 Å². The van der Waals surface area contributed by atoms with E-state index in [1.807, 2.05) is 11.8 Å². The summed E-state index contributed by atoms with van der Waals surface area (Å²) in [5.41, 5.74) is 1.30. The molecule has 0 aliphatic carbocycles. The average Bonchev–Trinajstić information content (AvgIpc) is 2.58. The Morgan fingerprint density at radius 1 is 1.27 bits per heavy atom. The third-order valence-corrected chi connectivity index (χ3v) is 5.44. The molecule has 2 saturated heterocycles. The highest BCUT2D eigenvalue weighted by Gasteiger charge is 2.18. The molecule has 0 amide bonds. The molecule has 2 heterocycles. The molecule has 5 heteroatoms. The van der Waals surface area contributed by atoms with E-state index in [9.17, 15) is 0 Å². The monoisotopic (exact) mass is 322 g/mol. The predicted molar refractivity (Wildman–Crippen MR) is 92.1 cm³/mol. The first-order chi connectivity index (χ1) is 10.8. The van der Waals surface area contributed by atoms with E-state index < -0.39 is 0 Å². The number of hydrogen-bond acceptors (Lipinski definition) is 5. The molecule has 0 aromatic heterocycles. The Labute approximate surface area is 137 Å². The molecular weight excluding hydrogens is 296 g/mol. The summed E-state index contributed by atoms with van der Waals surface area (Å²) < 4.78 is 11.7. The van der Waals surface area contributed by atoms with Crippen LogP contribution in [0.5, 0.6) is 11.5 Å². The van der Waals surface area contributed by atoms with Crippen molar-refractivity contribution in [2.45, 2.75) is 25.5 Å². The van der Waals surface area contributed by atoms with E-state index in [1.54, 1.807) is 7.11 Å². The Kier molecular flexibility index (Phi) is 5.87. The van der Waals surface area contributed by atoms with Crippen LogP contribution in [0.15, 0.2) is 18.2 Å². The lowest BCUT2D eigenvalue weighted by Gasteiger charge is -2.27. The van der Waals surface area contributed by atoms with Gasteiger partial charge in [0, 0.05) is 38.5 Å². The molecule has 1 atom stereocenters. The maximum Gasteiger partial charge on any atom is 0.161 e. The normalized spacial score (nSPS) is 23.2. The molecule has 4 nitrogen and oxygen atoms in total. The second-order valence-corrected chi connectivity index (χ2v) is 7.12. The maximum absolute atomic E-state index is 6.15. The first-order valence-electron chi connectivity index (χ1n) is 8.19. The summed E-state index contributed by atoms with van der Waals surface area (Å²) >= 11 is 1.98. The molecule has 0 radical (unpaired) electrons. The largest absolute Gasteiger partial charge is 0.493 e. The van der Waals surface area contributed by atoms with Gasteiger partial charge in [-0.15, -0.1) is 0 Å². The van der Waals surface area contributed by atoms with Gasteiger partial charge in [0.15, 0.2) is 11.5 Å². The van der Waals surface area contributed by atoms with Crippen LogP contribution in [0.4, 0.5) is 0 Å². The zero-order chi connectivity index (χ0) is 15.2. The predicted octanol–water partition coefficient (Wildman–Crippen LogP) is 2.37. The lowest BCUT2D eigenvalue weighted by molar-refractivity contribution is 0.201. The number of nitrogens with one attached hydrogen (secondary N) is 1. The molecular formula is C17H26N2O2S. The number of hydrogen-bond donors (Lipinski definition) is 1. The van der Waals surface area contributed by atoms with E-state index in [-0.39, 0.29) is 0 Å². The minimum atomic E-state index is 0.326. The van der Waals surface area contributed by atoms with E-state index in [2.05, 4.69) is 28.4 Å². The van der Waals surface area contributed by atoms with Crippen LogP contribution in [-0.4, -0.2) is 55.8 Å². The molecule has 1 aromatic carbocycles. The van der Waals surface area contributed by atoms with Crippen LogP contribution >= 0.6 is 11.8 Å². The maximum atomic E-state index is 6.15. The van der Waals surface area contributed by atoms with Crippen molar-refractivity contribution in [3.05, 3.63) is 23.8 Å². The Morgan fingerprint density at radius 3 is 2.86 bits per heavy atom. The van der Waals surface area contributed by atoms with Gasteiger partial charge in [0.1, 0.15) is 6.10 Å². The van der Waals surface area contributed by atoms with Gasteiger partial charge < -0.3 is 14.8 Å². The molecule has 122 valence electrons. The van der Waals surface area contributed by atoms with Crippen LogP contribution in [0.3, 0.4) is 0 Å². The summed E-state index contributed by atoms with van der Waals surface area (Å²) in [5.74, 6) is 4.11. The standard InChI is InChI=1S/C17H26N2O2S/c1-20-17-11-14(12-19-8-6-18-7-9-19)4-5-16(17)21-15-3-2-10-22-13-15/h4-5,11,15,18H,2-3,6-10,12-13H2,1H3. The summed E-state index contributed by atoms with van der Waals surface area (Å²) in [6, 6.07) is 6.39. The van der Waals surface area contributed by atoms with Gasteiger partial charge in [0.25, 0.3) is 0 Å². The molecule has 2 aliphatic heterocycles. The highest BCUT2D eigenvalue weighted by Crippen LogP contribution is 2.31. The first kappa shape index (κ1) is 16.0. The van der Waals surface area contributed by atoms with Gasteiger partial charge in [0.05, 0.1) is 7.11 Å². The summed E-state index contributed by atoms with van der Waals surface area (Å²) in [5, 5.41) is 3.39. The van der Waals surface area contributed by atoms with Crippen LogP contribution in [-0.2, 0) is 6.54 Å². The fourth-order valence-corrected chi connectivity index (χ4v) is 4.05. The second-order valence-electron chi connectivity index (χ2n) is 5.97. The van der Waals surface area contributed by atoms with Gasteiger partial charge in [-0.25, -0.2) is 0 Å². The molecule has 2 aliphatic rings. The lowest BCUT2D eigenvalue weighted by Crippen LogP contribution is -2.42. The van der Waals surface area contributed by atoms with Crippen LogP contribution in [0.25, 0.3) is 0 Å². The Balaban J connectivity index is 1.64. The van der Waals surface area contributed by atoms with Crippen LogP contribution in [0.2, 0.25) is 0 Å². The summed E-state index contributed by atoms with van der Waals surface area (Å²) in [6.45, 7) is 5.37. The number of rotatable bonds is 5. The van der Waals surface area contributed by atoms with Gasteiger partial charge in [-0.3, -0.25) is 4.90 Å². The zero-order valence-corrected chi connectivity index (χ0v) is 14.2. The Bertz CT molecular complexity index is 472. The summed E-state index contributed by atoms with van der Waals surface area (Å²) in [6.07, 6.45) is 2.73. The molecule has 2 fully saturated rings. The number of thioether (sulfide) groups is 1. The average molecular weight is 322 g/mol. The van der Waals surface area contributed by atoms with Gasteiger partial charge in [0.2, 0.25) is 0 Å². The van der Waals surface area contributed by atoms with Gasteiger partial charge >= 0.3 is 0 Å². The molecule has 1 aromatic rings. The van der Waals surface area contributed by atoms with Gasteiger partial charge in [-0.1, -0.05) is 6.07 Å². The number of ether oxygens (including phenoxy) is 2. The number of piperazine rings is 1. The third kappa shape index (κ3) is 4.31.